The van der Waals surface area contributed by atoms with Gasteiger partial charge >= 0.3 is 0 Å². The molecule has 3 heteroatoms. The van der Waals surface area contributed by atoms with Crippen molar-refractivity contribution in [2.45, 2.75) is 32.4 Å². The minimum Gasteiger partial charge on any atom is -0.380 e. The number of hydrogen-bond acceptors (Lipinski definition) is 3. The van der Waals surface area contributed by atoms with Crippen LogP contribution in [0.4, 0.5) is 0 Å². The molecule has 0 aromatic heterocycles. The van der Waals surface area contributed by atoms with Gasteiger partial charge < -0.3 is 10.1 Å². The summed E-state index contributed by atoms with van der Waals surface area (Å²) in [6.45, 7) is 8.90. The van der Waals surface area contributed by atoms with Crippen molar-refractivity contribution in [1.29, 1.82) is 0 Å². The van der Waals surface area contributed by atoms with E-state index in [1.807, 2.05) is 0 Å². The van der Waals surface area contributed by atoms with E-state index in [0.717, 1.165) is 19.6 Å². The Morgan fingerprint density at radius 3 is 3.00 bits per heavy atom. The van der Waals surface area contributed by atoms with Gasteiger partial charge in [0.1, 0.15) is 0 Å². The topological polar surface area (TPSA) is 24.5 Å². The summed E-state index contributed by atoms with van der Waals surface area (Å²) >= 11 is 0. The fourth-order valence-electron chi connectivity index (χ4n) is 1.68. The second-order valence-electron chi connectivity index (χ2n) is 3.99. The monoisotopic (exact) mass is 186 g/mol. The minimum absolute atomic E-state index is 0.355. The van der Waals surface area contributed by atoms with Crippen LogP contribution in [0.1, 0.15) is 20.3 Å². The quantitative estimate of drug-likeness (QED) is 0.702. The van der Waals surface area contributed by atoms with Crippen LogP contribution in [0, 0.1) is 0 Å². The fraction of sp³-hybridized carbons (Fsp3) is 1.00. The van der Waals surface area contributed by atoms with Crippen LogP contribution in [0.25, 0.3) is 0 Å². The molecule has 0 bridgehead atoms. The molecule has 0 spiro atoms. The molecule has 3 nitrogen and oxygen atoms in total. The van der Waals surface area contributed by atoms with Gasteiger partial charge in [0.2, 0.25) is 0 Å². The van der Waals surface area contributed by atoms with Crippen LogP contribution in [-0.4, -0.2) is 50.3 Å². The average Bonchev–Trinajstić information content (AvgIpc) is 2.31. The van der Waals surface area contributed by atoms with Crippen molar-refractivity contribution < 1.29 is 4.74 Å². The Labute approximate surface area is 81.4 Å². The first kappa shape index (κ1) is 11.0. The second-order valence-corrected chi connectivity index (χ2v) is 3.99. The van der Waals surface area contributed by atoms with E-state index in [1.165, 1.54) is 13.0 Å². The zero-order chi connectivity index (χ0) is 9.68. The van der Waals surface area contributed by atoms with Crippen molar-refractivity contribution in [3.05, 3.63) is 0 Å². The number of rotatable bonds is 3. The summed E-state index contributed by atoms with van der Waals surface area (Å²) < 4.78 is 5.26. The zero-order valence-electron chi connectivity index (χ0n) is 9.05. The van der Waals surface area contributed by atoms with E-state index in [9.17, 15) is 0 Å². The molecule has 1 saturated heterocycles. The molecule has 1 fully saturated rings. The Kier molecular flexibility index (Phi) is 4.70. The highest BCUT2D eigenvalue weighted by molar-refractivity contribution is 4.72. The van der Waals surface area contributed by atoms with Gasteiger partial charge in [0.25, 0.3) is 0 Å². The van der Waals surface area contributed by atoms with Crippen LogP contribution >= 0.6 is 0 Å². The fourth-order valence-corrected chi connectivity index (χ4v) is 1.68. The highest BCUT2D eigenvalue weighted by atomic mass is 16.5. The molecule has 0 aliphatic carbocycles. The molecule has 1 N–H and O–H groups in total. The molecule has 0 aromatic carbocycles. The van der Waals surface area contributed by atoms with Gasteiger partial charge in [0, 0.05) is 32.8 Å². The molecule has 13 heavy (non-hydrogen) atoms. The van der Waals surface area contributed by atoms with E-state index in [1.54, 1.807) is 7.11 Å². The molecule has 0 aromatic rings. The average molecular weight is 186 g/mol. The third kappa shape index (κ3) is 4.07. The van der Waals surface area contributed by atoms with E-state index in [0.29, 0.717) is 12.1 Å². The number of nitrogens with zero attached hydrogens (tertiary/aromatic N) is 1. The molecular weight excluding hydrogens is 164 g/mol. The molecule has 1 heterocycles. The SMILES string of the molecule is COC(C)CN1CCNC(C)CC1. The van der Waals surface area contributed by atoms with Crippen LogP contribution < -0.4 is 5.32 Å². The maximum absolute atomic E-state index is 5.26. The molecule has 0 saturated carbocycles. The van der Waals surface area contributed by atoms with Crippen molar-refractivity contribution >= 4 is 0 Å². The highest BCUT2D eigenvalue weighted by Crippen LogP contribution is 2.02. The maximum atomic E-state index is 5.26. The molecular formula is C10H22N2O. The van der Waals surface area contributed by atoms with Gasteiger partial charge in [-0.3, -0.25) is 4.90 Å². The summed E-state index contributed by atoms with van der Waals surface area (Å²) in [5, 5.41) is 3.48. The van der Waals surface area contributed by atoms with Crippen LogP contribution in [0.5, 0.6) is 0 Å². The Hall–Kier alpha value is -0.120. The number of ether oxygens (including phenoxy) is 1. The Morgan fingerprint density at radius 2 is 2.31 bits per heavy atom. The van der Waals surface area contributed by atoms with Gasteiger partial charge in [-0.15, -0.1) is 0 Å². The molecule has 2 atom stereocenters. The first-order chi connectivity index (χ1) is 6.22. The molecule has 1 aliphatic rings. The van der Waals surface area contributed by atoms with Gasteiger partial charge in [0.05, 0.1) is 6.10 Å². The molecule has 0 amide bonds. The van der Waals surface area contributed by atoms with Crippen LogP contribution in [0.2, 0.25) is 0 Å². The predicted molar refractivity (Wildman–Crippen MR) is 55.0 cm³/mol. The van der Waals surface area contributed by atoms with Crippen molar-refractivity contribution in [1.82, 2.24) is 10.2 Å². The summed E-state index contributed by atoms with van der Waals surface area (Å²) in [4.78, 5) is 2.48. The Balaban J connectivity index is 2.25. The van der Waals surface area contributed by atoms with Crippen molar-refractivity contribution in [3.63, 3.8) is 0 Å². The van der Waals surface area contributed by atoms with Gasteiger partial charge in [-0.25, -0.2) is 0 Å². The third-order valence-corrected chi connectivity index (χ3v) is 2.72. The summed E-state index contributed by atoms with van der Waals surface area (Å²) in [7, 11) is 1.78. The molecule has 1 aliphatic heterocycles. The van der Waals surface area contributed by atoms with E-state index in [2.05, 4.69) is 24.1 Å². The van der Waals surface area contributed by atoms with Gasteiger partial charge in [-0.2, -0.15) is 0 Å². The van der Waals surface area contributed by atoms with E-state index < -0.39 is 0 Å². The van der Waals surface area contributed by atoms with E-state index in [-0.39, 0.29) is 0 Å². The number of hydrogen-bond donors (Lipinski definition) is 1. The number of methoxy groups -OCH3 is 1. The smallest absolute Gasteiger partial charge is 0.0670 e. The predicted octanol–water partition coefficient (Wildman–Crippen LogP) is 0.705. The van der Waals surface area contributed by atoms with Gasteiger partial charge in [-0.1, -0.05) is 0 Å². The summed E-state index contributed by atoms with van der Waals surface area (Å²) in [5.41, 5.74) is 0. The lowest BCUT2D eigenvalue weighted by atomic mass is 10.2. The Bertz CT molecular complexity index is 141. The van der Waals surface area contributed by atoms with Crippen LogP contribution in [0.3, 0.4) is 0 Å². The summed E-state index contributed by atoms with van der Waals surface area (Å²) in [6.07, 6.45) is 1.60. The number of nitrogens with one attached hydrogen (secondary N) is 1. The molecule has 0 radical (unpaired) electrons. The van der Waals surface area contributed by atoms with Gasteiger partial charge in [0.15, 0.2) is 0 Å². The van der Waals surface area contributed by atoms with Crippen molar-refractivity contribution in [3.8, 4) is 0 Å². The standard InChI is InChI=1S/C10H22N2O/c1-9-4-6-12(7-5-11-9)8-10(2)13-3/h9-11H,4-8H2,1-3H3. The molecule has 78 valence electrons. The van der Waals surface area contributed by atoms with Crippen LogP contribution in [0.15, 0.2) is 0 Å². The van der Waals surface area contributed by atoms with Crippen molar-refractivity contribution in [2.75, 3.05) is 33.3 Å². The first-order valence-corrected chi connectivity index (χ1v) is 5.21. The van der Waals surface area contributed by atoms with Gasteiger partial charge in [-0.05, 0) is 26.8 Å². The lowest BCUT2D eigenvalue weighted by Gasteiger charge is -2.22. The van der Waals surface area contributed by atoms with Crippen molar-refractivity contribution in [2.24, 2.45) is 0 Å². The lowest BCUT2D eigenvalue weighted by Crippen LogP contribution is -2.34. The first-order valence-electron chi connectivity index (χ1n) is 5.21. The highest BCUT2D eigenvalue weighted by Gasteiger charge is 2.14. The normalized spacial score (nSPS) is 28.4. The second kappa shape index (κ2) is 5.58. The minimum atomic E-state index is 0.355. The Morgan fingerprint density at radius 1 is 1.54 bits per heavy atom. The maximum Gasteiger partial charge on any atom is 0.0670 e. The largest absolute Gasteiger partial charge is 0.380 e. The zero-order valence-corrected chi connectivity index (χ0v) is 9.05. The van der Waals surface area contributed by atoms with Crippen LogP contribution in [-0.2, 0) is 4.74 Å². The lowest BCUT2D eigenvalue weighted by molar-refractivity contribution is 0.0791. The molecule has 2 unspecified atom stereocenters. The van der Waals surface area contributed by atoms with E-state index >= 15 is 0 Å². The summed E-state index contributed by atoms with van der Waals surface area (Å²) in [6, 6.07) is 0.669. The summed E-state index contributed by atoms with van der Waals surface area (Å²) in [5.74, 6) is 0. The molecule has 1 rings (SSSR count). The third-order valence-electron chi connectivity index (χ3n) is 2.72. The van der Waals surface area contributed by atoms with E-state index in [4.69, 9.17) is 4.74 Å².